The van der Waals surface area contributed by atoms with Gasteiger partial charge in [-0.25, -0.2) is 4.39 Å². The van der Waals surface area contributed by atoms with Crippen molar-refractivity contribution in [2.75, 3.05) is 0 Å². The number of carbonyl (C=O) groups is 1. The van der Waals surface area contributed by atoms with Crippen LogP contribution < -0.4 is 0 Å². The van der Waals surface area contributed by atoms with Crippen LogP contribution in [0.3, 0.4) is 0 Å². The van der Waals surface area contributed by atoms with Gasteiger partial charge in [-0.3, -0.25) is 14.8 Å². The van der Waals surface area contributed by atoms with Crippen molar-refractivity contribution in [2.45, 2.75) is 19.4 Å². The Hall–Kier alpha value is -2.88. The van der Waals surface area contributed by atoms with Gasteiger partial charge in [0.25, 0.3) is 0 Å². The second kappa shape index (κ2) is 5.06. The number of hydrogen-bond donors (Lipinski definition) is 0. The van der Waals surface area contributed by atoms with Crippen LogP contribution in [0.1, 0.15) is 35.3 Å². The third-order valence-electron chi connectivity index (χ3n) is 4.31. The minimum absolute atomic E-state index is 0.112. The van der Waals surface area contributed by atoms with E-state index in [0.29, 0.717) is 11.3 Å². The molecular formula is C20H15FN2O. The molecule has 1 aliphatic heterocycles. The SMILES string of the molecule is CC1(C)N=C(c2cnc3ccccc3c2)c2cccc(F)c2C1=O. The quantitative estimate of drug-likeness (QED) is 0.675. The Morgan fingerprint density at radius 1 is 1.04 bits per heavy atom. The Kier molecular flexibility index (Phi) is 3.10. The highest BCUT2D eigenvalue weighted by atomic mass is 19.1. The number of nitrogens with zero attached hydrogens (tertiary/aromatic N) is 2. The van der Waals surface area contributed by atoms with Crippen molar-refractivity contribution in [3.63, 3.8) is 0 Å². The molecular weight excluding hydrogens is 303 g/mol. The van der Waals surface area contributed by atoms with Crippen molar-refractivity contribution in [1.29, 1.82) is 0 Å². The number of ketones is 1. The maximum absolute atomic E-state index is 14.3. The van der Waals surface area contributed by atoms with Gasteiger partial charge < -0.3 is 0 Å². The van der Waals surface area contributed by atoms with Gasteiger partial charge in [0.15, 0.2) is 5.78 Å². The van der Waals surface area contributed by atoms with Crippen molar-refractivity contribution in [3.05, 3.63) is 77.2 Å². The van der Waals surface area contributed by atoms with Crippen molar-refractivity contribution in [2.24, 2.45) is 4.99 Å². The van der Waals surface area contributed by atoms with E-state index in [-0.39, 0.29) is 11.3 Å². The number of hydrogen-bond acceptors (Lipinski definition) is 3. The maximum atomic E-state index is 14.3. The van der Waals surface area contributed by atoms with Crippen LogP contribution in [0.25, 0.3) is 10.9 Å². The summed E-state index contributed by atoms with van der Waals surface area (Å²) in [6, 6.07) is 14.4. The summed E-state index contributed by atoms with van der Waals surface area (Å²) in [7, 11) is 0. The van der Waals surface area contributed by atoms with Crippen LogP contribution in [0.15, 0.2) is 59.7 Å². The average Bonchev–Trinajstić information content (AvgIpc) is 2.58. The Morgan fingerprint density at radius 3 is 2.67 bits per heavy atom. The largest absolute Gasteiger partial charge is 0.291 e. The van der Waals surface area contributed by atoms with Gasteiger partial charge in [-0.1, -0.05) is 30.3 Å². The molecule has 0 saturated heterocycles. The molecule has 24 heavy (non-hydrogen) atoms. The second-order valence-corrected chi connectivity index (χ2v) is 6.43. The molecule has 118 valence electrons. The molecule has 2 heterocycles. The fraction of sp³-hybridized carbons (Fsp3) is 0.150. The highest BCUT2D eigenvalue weighted by Gasteiger charge is 2.37. The highest BCUT2D eigenvalue weighted by molar-refractivity contribution is 6.24. The molecule has 3 aromatic rings. The van der Waals surface area contributed by atoms with E-state index in [4.69, 9.17) is 0 Å². The zero-order valence-electron chi connectivity index (χ0n) is 13.4. The zero-order chi connectivity index (χ0) is 16.9. The molecule has 0 N–H and O–H groups in total. The van der Waals surface area contributed by atoms with Crippen molar-refractivity contribution < 1.29 is 9.18 Å². The van der Waals surface area contributed by atoms with Crippen LogP contribution in [0.4, 0.5) is 4.39 Å². The third kappa shape index (κ3) is 2.14. The lowest BCUT2D eigenvalue weighted by molar-refractivity contribution is 0.0908. The van der Waals surface area contributed by atoms with Crippen LogP contribution in [0, 0.1) is 5.82 Å². The smallest absolute Gasteiger partial charge is 0.193 e. The predicted octanol–water partition coefficient (Wildman–Crippen LogP) is 4.19. The Labute approximate surface area is 138 Å². The van der Waals surface area contributed by atoms with E-state index in [2.05, 4.69) is 9.98 Å². The molecule has 0 aliphatic carbocycles. The molecule has 1 aromatic heterocycles. The molecule has 2 aromatic carbocycles. The van der Waals surface area contributed by atoms with Crippen LogP contribution in [-0.2, 0) is 0 Å². The molecule has 1 aliphatic rings. The molecule has 3 nitrogen and oxygen atoms in total. The molecule has 0 amide bonds. The minimum Gasteiger partial charge on any atom is -0.291 e. The van der Waals surface area contributed by atoms with E-state index >= 15 is 0 Å². The molecule has 0 spiro atoms. The van der Waals surface area contributed by atoms with Crippen LogP contribution in [-0.4, -0.2) is 22.0 Å². The summed E-state index contributed by atoms with van der Waals surface area (Å²) < 4.78 is 14.3. The lowest BCUT2D eigenvalue weighted by Gasteiger charge is -2.28. The lowest BCUT2D eigenvalue weighted by atomic mass is 9.83. The first kappa shape index (κ1) is 14.7. The molecule has 4 rings (SSSR count). The summed E-state index contributed by atoms with van der Waals surface area (Å²) in [5, 5.41) is 0.977. The van der Waals surface area contributed by atoms with Gasteiger partial charge in [0, 0.05) is 22.7 Å². The number of carbonyl (C=O) groups excluding carboxylic acids is 1. The normalized spacial score (nSPS) is 16.0. The fourth-order valence-corrected chi connectivity index (χ4v) is 3.07. The summed E-state index contributed by atoms with van der Waals surface area (Å²) in [6.07, 6.45) is 1.72. The summed E-state index contributed by atoms with van der Waals surface area (Å²) >= 11 is 0. The highest BCUT2D eigenvalue weighted by Crippen LogP contribution is 2.31. The van der Waals surface area contributed by atoms with Crippen molar-refractivity contribution in [3.8, 4) is 0 Å². The Balaban J connectivity index is 1.99. The molecule has 0 atom stereocenters. The number of Topliss-reactive ketones (excluding diaryl/α,β-unsaturated/α-hetero) is 1. The molecule has 4 heteroatoms. The van der Waals surface area contributed by atoms with Crippen LogP contribution >= 0.6 is 0 Å². The molecule has 0 radical (unpaired) electrons. The first-order valence-electron chi connectivity index (χ1n) is 7.76. The number of aliphatic imine (C=N–C) groups is 1. The number of fused-ring (bicyclic) bond motifs is 2. The van der Waals surface area contributed by atoms with Gasteiger partial charge in [0.2, 0.25) is 0 Å². The number of halogens is 1. The Bertz CT molecular complexity index is 1020. The van der Waals surface area contributed by atoms with Crippen LogP contribution in [0.2, 0.25) is 0 Å². The predicted molar refractivity (Wildman–Crippen MR) is 92.2 cm³/mol. The van der Waals surface area contributed by atoms with E-state index in [0.717, 1.165) is 16.5 Å². The van der Waals surface area contributed by atoms with Crippen molar-refractivity contribution in [1.82, 2.24) is 4.98 Å². The standard InChI is InChI=1S/C20H15FN2O/c1-20(2)19(24)17-14(7-5-8-15(17)21)18(23-20)13-10-12-6-3-4-9-16(12)22-11-13/h3-11H,1-2H3. The number of para-hydroxylation sites is 1. The summed E-state index contributed by atoms with van der Waals surface area (Å²) in [6.45, 7) is 3.42. The van der Waals surface area contributed by atoms with Gasteiger partial charge in [-0.05, 0) is 32.0 Å². The summed E-state index contributed by atoms with van der Waals surface area (Å²) in [5.74, 6) is -0.806. The third-order valence-corrected chi connectivity index (χ3v) is 4.31. The van der Waals surface area contributed by atoms with Gasteiger partial charge in [-0.15, -0.1) is 0 Å². The van der Waals surface area contributed by atoms with Crippen LogP contribution in [0.5, 0.6) is 0 Å². The molecule has 0 fully saturated rings. The Morgan fingerprint density at radius 2 is 1.83 bits per heavy atom. The fourth-order valence-electron chi connectivity index (χ4n) is 3.07. The van der Waals surface area contributed by atoms with Crippen molar-refractivity contribution >= 4 is 22.4 Å². The van der Waals surface area contributed by atoms with Gasteiger partial charge in [0.05, 0.1) is 16.8 Å². The first-order valence-corrected chi connectivity index (χ1v) is 7.76. The number of aromatic nitrogens is 1. The van der Waals surface area contributed by atoms with Gasteiger partial charge in [-0.2, -0.15) is 0 Å². The maximum Gasteiger partial charge on any atom is 0.193 e. The van der Waals surface area contributed by atoms with E-state index in [1.54, 1.807) is 32.2 Å². The molecule has 0 unspecified atom stereocenters. The summed E-state index contributed by atoms with van der Waals surface area (Å²) in [5.41, 5.74) is 1.90. The average molecular weight is 318 g/mol. The zero-order valence-corrected chi connectivity index (χ0v) is 13.4. The molecule has 0 bridgehead atoms. The topological polar surface area (TPSA) is 42.3 Å². The second-order valence-electron chi connectivity index (χ2n) is 6.43. The first-order chi connectivity index (χ1) is 11.5. The number of rotatable bonds is 1. The van der Waals surface area contributed by atoms with E-state index < -0.39 is 11.4 Å². The van der Waals surface area contributed by atoms with Gasteiger partial charge in [0.1, 0.15) is 11.4 Å². The lowest BCUT2D eigenvalue weighted by Crippen LogP contribution is -2.37. The van der Waals surface area contributed by atoms with E-state index in [1.165, 1.54) is 6.07 Å². The minimum atomic E-state index is -1.00. The summed E-state index contributed by atoms with van der Waals surface area (Å²) in [4.78, 5) is 21.7. The van der Waals surface area contributed by atoms with E-state index in [9.17, 15) is 9.18 Å². The monoisotopic (exact) mass is 318 g/mol. The molecule has 0 saturated carbocycles. The number of benzene rings is 2. The van der Waals surface area contributed by atoms with Gasteiger partial charge >= 0.3 is 0 Å². The van der Waals surface area contributed by atoms with E-state index in [1.807, 2.05) is 30.3 Å². The number of pyridine rings is 1.